The maximum atomic E-state index is 10.5. The van der Waals surface area contributed by atoms with Gasteiger partial charge in [-0.2, -0.15) is 0 Å². The highest BCUT2D eigenvalue weighted by Crippen LogP contribution is 1.98. The first-order valence-electron chi connectivity index (χ1n) is 3.35. The second kappa shape index (κ2) is 6.48. The number of nitrogens with zero attached hydrogens (tertiary/aromatic N) is 1. The van der Waals surface area contributed by atoms with Crippen LogP contribution in [0.3, 0.4) is 0 Å². The third-order valence-corrected chi connectivity index (χ3v) is 1.80. The SMILES string of the molecule is CN1CCNC[C@@H]1C(=O)O.Cl.Cl. The lowest BCUT2D eigenvalue weighted by Crippen LogP contribution is -2.52. The Morgan fingerprint density at radius 1 is 1.58 bits per heavy atom. The van der Waals surface area contributed by atoms with Crippen molar-refractivity contribution in [2.75, 3.05) is 26.7 Å². The molecule has 1 saturated heterocycles. The normalized spacial score (nSPS) is 23.6. The molecular weight excluding hydrogens is 203 g/mol. The highest BCUT2D eigenvalue weighted by molar-refractivity contribution is 5.85. The van der Waals surface area contributed by atoms with Gasteiger partial charge in [-0.25, -0.2) is 0 Å². The number of nitrogens with one attached hydrogen (secondary N) is 1. The molecule has 0 aromatic heterocycles. The number of carbonyl (C=O) groups is 1. The number of hydrogen-bond donors (Lipinski definition) is 2. The predicted molar refractivity (Wildman–Crippen MR) is 51.4 cm³/mol. The zero-order valence-electron chi connectivity index (χ0n) is 6.82. The summed E-state index contributed by atoms with van der Waals surface area (Å²) in [5.41, 5.74) is 0. The second-order valence-corrected chi connectivity index (χ2v) is 2.54. The summed E-state index contributed by atoms with van der Waals surface area (Å²) < 4.78 is 0. The minimum absolute atomic E-state index is 0. The van der Waals surface area contributed by atoms with Gasteiger partial charge in [-0.15, -0.1) is 24.8 Å². The molecule has 1 aliphatic heterocycles. The molecule has 1 atom stereocenters. The maximum absolute atomic E-state index is 10.5. The van der Waals surface area contributed by atoms with Crippen molar-refractivity contribution in [1.29, 1.82) is 0 Å². The van der Waals surface area contributed by atoms with Crippen molar-refractivity contribution in [3.05, 3.63) is 0 Å². The number of halogens is 2. The standard InChI is InChI=1S/C6H12N2O2.2ClH/c1-8-3-2-7-4-5(8)6(9)10;;/h5,7H,2-4H2,1H3,(H,9,10);2*1H/t5-;;/m1../s1. The Labute approximate surface area is 84.1 Å². The van der Waals surface area contributed by atoms with Gasteiger partial charge in [0.2, 0.25) is 0 Å². The average Bonchev–Trinajstić information content (AvgIpc) is 1.88. The lowest BCUT2D eigenvalue weighted by Gasteiger charge is -2.29. The number of piperazine rings is 1. The Morgan fingerprint density at radius 3 is 2.50 bits per heavy atom. The minimum Gasteiger partial charge on any atom is -0.480 e. The first-order chi connectivity index (χ1) is 4.72. The van der Waals surface area contributed by atoms with E-state index in [9.17, 15) is 4.79 Å². The van der Waals surface area contributed by atoms with E-state index < -0.39 is 5.97 Å². The Kier molecular flexibility index (Phi) is 7.83. The molecule has 12 heavy (non-hydrogen) atoms. The van der Waals surface area contributed by atoms with Crippen LogP contribution in [0.4, 0.5) is 0 Å². The maximum Gasteiger partial charge on any atom is 0.322 e. The number of aliphatic carboxylic acids is 1. The smallest absolute Gasteiger partial charge is 0.322 e. The number of rotatable bonds is 1. The first kappa shape index (κ1) is 14.5. The summed E-state index contributed by atoms with van der Waals surface area (Å²) in [6.07, 6.45) is 0. The third-order valence-electron chi connectivity index (χ3n) is 1.80. The fourth-order valence-corrected chi connectivity index (χ4v) is 1.08. The molecule has 0 amide bonds. The van der Waals surface area contributed by atoms with Crippen LogP contribution < -0.4 is 5.32 Å². The summed E-state index contributed by atoms with van der Waals surface area (Å²) in [7, 11) is 1.83. The average molecular weight is 217 g/mol. The van der Waals surface area contributed by atoms with Gasteiger partial charge in [0.25, 0.3) is 0 Å². The Hall–Kier alpha value is -0.0300. The fourth-order valence-electron chi connectivity index (χ4n) is 1.08. The zero-order chi connectivity index (χ0) is 7.56. The van der Waals surface area contributed by atoms with Gasteiger partial charge in [0.15, 0.2) is 0 Å². The van der Waals surface area contributed by atoms with Crippen molar-refractivity contribution in [1.82, 2.24) is 10.2 Å². The van der Waals surface area contributed by atoms with E-state index >= 15 is 0 Å². The van der Waals surface area contributed by atoms with E-state index in [1.54, 1.807) is 0 Å². The molecule has 1 heterocycles. The van der Waals surface area contributed by atoms with Crippen molar-refractivity contribution < 1.29 is 9.90 Å². The molecule has 0 unspecified atom stereocenters. The lowest BCUT2D eigenvalue weighted by molar-refractivity contribution is -0.143. The van der Waals surface area contributed by atoms with Gasteiger partial charge in [-0.1, -0.05) is 0 Å². The molecular formula is C6H14Cl2N2O2. The van der Waals surface area contributed by atoms with Gasteiger partial charge in [0.05, 0.1) is 0 Å². The van der Waals surface area contributed by atoms with Crippen LogP contribution in [0.15, 0.2) is 0 Å². The fraction of sp³-hybridized carbons (Fsp3) is 0.833. The van der Waals surface area contributed by atoms with Crippen molar-refractivity contribution in [3.8, 4) is 0 Å². The van der Waals surface area contributed by atoms with Crippen molar-refractivity contribution in [2.24, 2.45) is 0 Å². The monoisotopic (exact) mass is 216 g/mol. The molecule has 6 heteroatoms. The molecule has 0 aromatic rings. The number of carboxylic acids is 1. The van der Waals surface area contributed by atoms with Crippen molar-refractivity contribution in [2.45, 2.75) is 6.04 Å². The third kappa shape index (κ3) is 3.58. The van der Waals surface area contributed by atoms with Gasteiger partial charge in [-0.05, 0) is 7.05 Å². The van der Waals surface area contributed by atoms with Crippen LogP contribution in [0, 0.1) is 0 Å². The molecule has 2 N–H and O–H groups in total. The number of hydrogen-bond acceptors (Lipinski definition) is 3. The van der Waals surface area contributed by atoms with E-state index in [1.165, 1.54) is 0 Å². The van der Waals surface area contributed by atoms with Crippen LogP contribution in [0.25, 0.3) is 0 Å². The van der Waals surface area contributed by atoms with Crippen LogP contribution in [-0.2, 0) is 4.79 Å². The lowest BCUT2D eigenvalue weighted by atomic mass is 10.2. The molecule has 0 saturated carbocycles. The molecule has 1 aliphatic rings. The largest absolute Gasteiger partial charge is 0.480 e. The van der Waals surface area contributed by atoms with Crippen LogP contribution in [0.5, 0.6) is 0 Å². The summed E-state index contributed by atoms with van der Waals surface area (Å²) in [6, 6.07) is -0.339. The summed E-state index contributed by atoms with van der Waals surface area (Å²) in [4.78, 5) is 12.3. The summed E-state index contributed by atoms with van der Waals surface area (Å²) in [5.74, 6) is -0.741. The summed E-state index contributed by atoms with van der Waals surface area (Å²) in [6.45, 7) is 2.27. The second-order valence-electron chi connectivity index (χ2n) is 2.54. The molecule has 1 fully saturated rings. The minimum atomic E-state index is -0.741. The topological polar surface area (TPSA) is 52.6 Å². The number of carboxylic acid groups (broad SMARTS) is 1. The van der Waals surface area contributed by atoms with Gasteiger partial charge in [0.1, 0.15) is 6.04 Å². The van der Waals surface area contributed by atoms with Crippen LogP contribution in [-0.4, -0.2) is 48.7 Å². The first-order valence-corrected chi connectivity index (χ1v) is 3.35. The molecule has 0 aromatic carbocycles. The highest BCUT2D eigenvalue weighted by atomic mass is 35.5. The Balaban J connectivity index is 0. The highest BCUT2D eigenvalue weighted by Gasteiger charge is 2.24. The van der Waals surface area contributed by atoms with E-state index in [1.807, 2.05) is 11.9 Å². The Bertz CT molecular complexity index is 146. The van der Waals surface area contributed by atoms with E-state index in [4.69, 9.17) is 5.11 Å². The van der Waals surface area contributed by atoms with E-state index in [-0.39, 0.29) is 30.9 Å². The quantitative estimate of drug-likeness (QED) is 0.639. The molecule has 74 valence electrons. The van der Waals surface area contributed by atoms with E-state index in [2.05, 4.69) is 5.32 Å². The molecule has 0 spiro atoms. The van der Waals surface area contributed by atoms with Crippen molar-refractivity contribution >= 4 is 30.8 Å². The van der Waals surface area contributed by atoms with E-state index in [0.717, 1.165) is 13.1 Å². The molecule has 0 radical (unpaired) electrons. The molecule has 0 aliphatic carbocycles. The summed E-state index contributed by atoms with van der Waals surface area (Å²) in [5, 5.41) is 11.7. The zero-order valence-corrected chi connectivity index (χ0v) is 8.45. The Morgan fingerprint density at radius 2 is 2.17 bits per heavy atom. The van der Waals surface area contributed by atoms with Crippen LogP contribution >= 0.6 is 24.8 Å². The van der Waals surface area contributed by atoms with Gasteiger partial charge in [0, 0.05) is 19.6 Å². The van der Waals surface area contributed by atoms with Crippen molar-refractivity contribution in [3.63, 3.8) is 0 Å². The van der Waals surface area contributed by atoms with Crippen LogP contribution in [0.2, 0.25) is 0 Å². The van der Waals surface area contributed by atoms with Crippen LogP contribution in [0.1, 0.15) is 0 Å². The number of likely N-dealkylation sites (N-methyl/N-ethyl adjacent to an activating group) is 1. The van der Waals surface area contributed by atoms with Gasteiger partial charge >= 0.3 is 5.97 Å². The molecule has 0 bridgehead atoms. The summed E-state index contributed by atoms with van der Waals surface area (Å²) >= 11 is 0. The molecule has 4 nitrogen and oxygen atoms in total. The van der Waals surface area contributed by atoms with Gasteiger partial charge in [-0.3, -0.25) is 9.69 Å². The van der Waals surface area contributed by atoms with Gasteiger partial charge < -0.3 is 10.4 Å². The van der Waals surface area contributed by atoms with E-state index in [0.29, 0.717) is 6.54 Å². The molecule has 1 rings (SSSR count). The predicted octanol–water partition coefficient (Wildman–Crippen LogP) is -0.182.